The van der Waals surface area contributed by atoms with Gasteiger partial charge < -0.3 is 10.2 Å². The number of likely N-dealkylation sites (tertiary alicyclic amines) is 1. The molecule has 1 saturated heterocycles. The first kappa shape index (κ1) is 17.4. The number of aromatic nitrogens is 1. The van der Waals surface area contributed by atoms with Gasteiger partial charge in [0.15, 0.2) is 0 Å². The molecule has 0 radical (unpaired) electrons. The lowest BCUT2D eigenvalue weighted by atomic mass is 10.0. The number of hydrogen-bond donors (Lipinski definition) is 1. The van der Waals surface area contributed by atoms with E-state index in [4.69, 9.17) is 0 Å². The predicted octanol–water partition coefficient (Wildman–Crippen LogP) is 2.54. The van der Waals surface area contributed by atoms with Gasteiger partial charge in [0, 0.05) is 39.8 Å². The third kappa shape index (κ3) is 4.79. The summed E-state index contributed by atoms with van der Waals surface area (Å²) in [5.74, 6) is 0.718. The minimum atomic E-state index is -0.0785. The van der Waals surface area contributed by atoms with E-state index in [0.29, 0.717) is 5.69 Å². The number of nitrogens with zero attached hydrogens (tertiary/aromatic N) is 3. The highest BCUT2D eigenvalue weighted by Crippen LogP contribution is 2.15. The smallest absolute Gasteiger partial charge is 0.270 e. The summed E-state index contributed by atoms with van der Waals surface area (Å²) in [7, 11) is 3.85. The minimum Gasteiger partial charge on any atom is -0.363 e. The molecule has 2 aromatic rings. The van der Waals surface area contributed by atoms with Gasteiger partial charge in [0.25, 0.3) is 5.91 Å². The molecule has 0 bridgehead atoms. The summed E-state index contributed by atoms with van der Waals surface area (Å²) in [6.45, 7) is 2.99. The summed E-state index contributed by atoms with van der Waals surface area (Å²) in [5.41, 5.74) is 1.83. The van der Waals surface area contributed by atoms with Crippen LogP contribution in [0.3, 0.4) is 0 Å². The van der Waals surface area contributed by atoms with Crippen molar-refractivity contribution < 1.29 is 4.79 Å². The molecule has 5 nitrogen and oxygen atoms in total. The van der Waals surface area contributed by atoms with Crippen LogP contribution in [0.4, 0.5) is 5.82 Å². The zero-order valence-corrected chi connectivity index (χ0v) is 15.0. The number of carbonyl (C=O) groups excluding carboxylic acids is 1. The summed E-state index contributed by atoms with van der Waals surface area (Å²) < 4.78 is 0. The van der Waals surface area contributed by atoms with Crippen LogP contribution in [-0.2, 0) is 6.54 Å². The van der Waals surface area contributed by atoms with Crippen molar-refractivity contribution in [2.75, 3.05) is 32.1 Å². The summed E-state index contributed by atoms with van der Waals surface area (Å²) >= 11 is 0. The SMILES string of the molecule is CN(C)c1cccc(C(=O)NC2CCN(Cc3ccccc3)CC2)n1. The van der Waals surface area contributed by atoms with Crippen LogP contribution in [0.2, 0.25) is 0 Å². The zero-order valence-electron chi connectivity index (χ0n) is 15.0. The number of rotatable bonds is 5. The fourth-order valence-corrected chi connectivity index (χ4v) is 3.14. The highest BCUT2D eigenvalue weighted by Gasteiger charge is 2.21. The average molecular weight is 338 g/mol. The van der Waals surface area contributed by atoms with E-state index in [0.717, 1.165) is 38.3 Å². The normalized spacial score (nSPS) is 15.8. The van der Waals surface area contributed by atoms with Crippen molar-refractivity contribution in [2.24, 2.45) is 0 Å². The molecule has 2 heterocycles. The number of amides is 1. The van der Waals surface area contributed by atoms with Crippen LogP contribution < -0.4 is 10.2 Å². The maximum atomic E-state index is 12.5. The second-order valence-electron chi connectivity index (χ2n) is 6.78. The van der Waals surface area contributed by atoms with Crippen molar-refractivity contribution in [3.8, 4) is 0 Å². The quantitative estimate of drug-likeness (QED) is 0.910. The lowest BCUT2D eigenvalue weighted by Crippen LogP contribution is -2.44. The van der Waals surface area contributed by atoms with Crippen molar-refractivity contribution >= 4 is 11.7 Å². The maximum absolute atomic E-state index is 12.5. The highest BCUT2D eigenvalue weighted by atomic mass is 16.1. The standard InChI is InChI=1S/C20H26N4O/c1-23(2)19-10-6-9-18(22-19)20(25)21-17-11-13-24(14-12-17)15-16-7-4-3-5-8-16/h3-10,17H,11-15H2,1-2H3,(H,21,25). The maximum Gasteiger partial charge on any atom is 0.270 e. The predicted molar refractivity (Wildman–Crippen MR) is 101 cm³/mol. The number of pyridine rings is 1. The van der Waals surface area contributed by atoms with E-state index in [9.17, 15) is 4.79 Å². The molecule has 0 spiro atoms. The number of hydrogen-bond acceptors (Lipinski definition) is 4. The lowest BCUT2D eigenvalue weighted by Gasteiger charge is -2.32. The topological polar surface area (TPSA) is 48.5 Å². The van der Waals surface area contributed by atoms with Gasteiger partial charge in [0.1, 0.15) is 11.5 Å². The molecule has 25 heavy (non-hydrogen) atoms. The van der Waals surface area contributed by atoms with Crippen molar-refractivity contribution in [3.63, 3.8) is 0 Å². The van der Waals surface area contributed by atoms with Crippen LogP contribution in [0.15, 0.2) is 48.5 Å². The Morgan fingerprint density at radius 2 is 1.84 bits per heavy atom. The number of carbonyl (C=O) groups is 1. The first-order valence-corrected chi connectivity index (χ1v) is 8.83. The van der Waals surface area contributed by atoms with Gasteiger partial charge in [-0.05, 0) is 30.5 Å². The minimum absolute atomic E-state index is 0.0785. The van der Waals surface area contributed by atoms with Gasteiger partial charge in [0.05, 0.1) is 0 Å². The first-order valence-electron chi connectivity index (χ1n) is 8.83. The van der Waals surface area contributed by atoms with E-state index in [-0.39, 0.29) is 11.9 Å². The van der Waals surface area contributed by atoms with E-state index in [1.54, 1.807) is 6.07 Å². The molecule has 5 heteroatoms. The van der Waals surface area contributed by atoms with Crippen molar-refractivity contribution in [1.82, 2.24) is 15.2 Å². The molecule has 1 aromatic heterocycles. The average Bonchev–Trinajstić information content (AvgIpc) is 2.64. The van der Waals surface area contributed by atoms with Gasteiger partial charge >= 0.3 is 0 Å². The molecule has 0 unspecified atom stereocenters. The second-order valence-corrected chi connectivity index (χ2v) is 6.78. The van der Waals surface area contributed by atoms with Crippen molar-refractivity contribution in [2.45, 2.75) is 25.4 Å². The van der Waals surface area contributed by atoms with Gasteiger partial charge in [-0.2, -0.15) is 0 Å². The third-order valence-corrected chi connectivity index (χ3v) is 4.60. The van der Waals surface area contributed by atoms with E-state index in [2.05, 4.69) is 39.5 Å². The Kier molecular flexibility index (Phi) is 5.66. The molecule has 1 aromatic carbocycles. The highest BCUT2D eigenvalue weighted by molar-refractivity contribution is 5.92. The molecule has 0 aliphatic carbocycles. The van der Waals surface area contributed by atoms with Gasteiger partial charge in [-0.25, -0.2) is 4.98 Å². The number of anilines is 1. The van der Waals surface area contributed by atoms with Gasteiger partial charge in [-0.3, -0.25) is 9.69 Å². The van der Waals surface area contributed by atoms with Gasteiger partial charge in [-0.15, -0.1) is 0 Å². The summed E-state index contributed by atoms with van der Waals surface area (Å²) in [6.07, 6.45) is 1.96. The molecule has 0 saturated carbocycles. The molecule has 1 aliphatic heterocycles. The fraction of sp³-hybridized carbons (Fsp3) is 0.400. The van der Waals surface area contributed by atoms with E-state index >= 15 is 0 Å². The van der Waals surface area contributed by atoms with Crippen LogP contribution in [-0.4, -0.2) is 49.0 Å². The Morgan fingerprint density at radius 3 is 2.52 bits per heavy atom. The molecule has 1 aliphatic rings. The molecular formula is C20H26N4O. The molecule has 1 N–H and O–H groups in total. The van der Waals surface area contributed by atoms with Crippen LogP contribution in [0.1, 0.15) is 28.9 Å². The molecule has 1 amide bonds. The summed E-state index contributed by atoms with van der Waals surface area (Å²) in [4.78, 5) is 21.2. The Morgan fingerprint density at radius 1 is 1.12 bits per heavy atom. The molecule has 1 fully saturated rings. The Balaban J connectivity index is 1.50. The number of benzene rings is 1. The van der Waals surface area contributed by atoms with Crippen LogP contribution in [0.25, 0.3) is 0 Å². The zero-order chi connectivity index (χ0) is 17.6. The summed E-state index contributed by atoms with van der Waals surface area (Å²) in [6, 6.07) is 16.3. The van der Waals surface area contributed by atoms with Gasteiger partial charge in [-0.1, -0.05) is 36.4 Å². The Bertz CT molecular complexity index is 694. The number of nitrogens with one attached hydrogen (secondary N) is 1. The molecular weight excluding hydrogens is 312 g/mol. The van der Waals surface area contributed by atoms with Crippen molar-refractivity contribution in [1.29, 1.82) is 0 Å². The van der Waals surface area contributed by atoms with E-state index in [1.807, 2.05) is 37.2 Å². The van der Waals surface area contributed by atoms with Crippen LogP contribution in [0, 0.1) is 0 Å². The fourth-order valence-electron chi connectivity index (χ4n) is 3.14. The van der Waals surface area contributed by atoms with E-state index in [1.165, 1.54) is 5.56 Å². The Hall–Kier alpha value is -2.40. The first-order chi connectivity index (χ1) is 12.1. The lowest BCUT2D eigenvalue weighted by molar-refractivity contribution is 0.0904. The molecule has 0 atom stereocenters. The van der Waals surface area contributed by atoms with Crippen LogP contribution >= 0.6 is 0 Å². The van der Waals surface area contributed by atoms with Crippen LogP contribution in [0.5, 0.6) is 0 Å². The van der Waals surface area contributed by atoms with E-state index < -0.39 is 0 Å². The molecule has 3 rings (SSSR count). The Labute approximate surface area is 149 Å². The number of piperidine rings is 1. The van der Waals surface area contributed by atoms with Gasteiger partial charge in [0.2, 0.25) is 0 Å². The van der Waals surface area contributed by atoms with Crippen molar-refractivity contribution in [3.05, 3.63) is 59.8 Å². The third-order valence-electron chi connectivity index (χ3n) is 4.60. The molecule has 132 valence electrons. The largest absolute Gasteiger partial charge is 0.363 e. The monoisotopic (exact) mass is 338 g/mol. The second kappa shape index (κ2) is 8.12. The summed E-state index contributed by atoms with van der Waals surface area (Å²) in [5, 5.41) is 3.14.